The van der Waals surface area contributed by atoms with Crippen LogP contribution in [0, 0.1) is 0 Å². The van der Waals surface area contributed by atoms with E-state index in [9.17, 15) is 0 Å². The highest BCUT2D eigenvalue weighted by Gasteiger charge is 2.41. The molecule has 6 rings (SSSR count). The average molecular weight is 412 g/mol. The van der Waals surface area contributed by atoms with E-state index in [1.807, 2.05) is 10.7 Å². The molecule has 1 spiro atoms. The van der Waals surface area contributed by atoms with Gasteiger partial charge in [0.2, 0.25) is 0 Å². The summed E-state index contributed by atoms with van der Waals surface area (Å²) in [4.78, 5) is 2.47. The number of para-hydroxylation sites is 2. The van der Waals surface area contributed by atoms with Gasteiger partial charge in [-0.2, -0.15) is 0 Å². The molecule has 2 aliphatic heterocycles. The lowest BCUT2D eigenvalue weighted by molar-refractivity contribution is 0.157. The normalized spacial score (nSPS) is 17.2. The van der Waals surface area contributed by atoms with Crippen LogP contribution in [0.3, 0.4) is 0 Å². The Bertz CT molecular complexity index is 1190. The zero-order chi connectivity index (χ0) is 20.7. The van der Waals surface area contributed by atoms with Gasteiger partial charge in [-0.3, -0.25) is 4.90 Å². The number of tetrazole rings is 1. The van der Waals surface area contributed by atoms with Crippen LogP contribution in [0.15, 0.2) is 72.9 Å². The molecular formula is C24H25N7. The number of nitrogens with zero attached hydrogens (tertiary/aromatic N) is 6. The van der Waals surface area contributed by atoms with Crippen LogP contribution in [0.5, 0.6) is 0 Å². The fourth-order valence-electron chi connectivity index (χ4n) is 4.98. The summed E-state index contributed by atoms with van der Waals surface area (Å²) >= 11 is 0. The van der Waals surface area contributed by atoms with Gasteiger partial charge in [-0.05, 0) is 53.1 Å². The number of benzene rings is 2. The second-order valence-corrected chi connectivity index (χ2v) is 8.50. The van der Waals surface area contributed by atoms with Crippen molar-refractivity contribution < 1.29 is 0 Å². The first-order chi connectivity index (χ1) is 15.3. The molecule has 0 saturated carbocycles. The number of anilines is 1. The van der Waals surface area contributed by atoms with Gasteiger partial charge >= 0.3 is 0 Å². The summed E-state index contributed by atoms with van der Waals surface area (Å²) < 4.78 is 4.27. The molecule has 1 fully saturated rings. The Labute approximate surface area is 181 Å². The van der Waals surface area contributed by atoms with Crippen molar-refractivity contribution in [3.8, 4) is 5.69 Å². The third-order valence-electron chi connectivity index (χ3n) is 6.63. The highest BCUT2D eigenvalue weighted by molar-refractivity contribution is 5.67. The van der Waals surface area contributed by atoms with Crippen LogP contribution >= 0.6 is 0 Å². The summed E-state index contributed by atoms with van der Waals surface area (Å²) in [5.41, 5.74) is 4.99. The van der Waals surface area contributed by atoms with E-state index < -0.39 is 0 Å². The quantitative estimate of drug-likeness (QED) is 0.557. The first-order valence-electron chi connectivity index (χ1n) is 10.9. The lowest BCUT2D eigenvalue weighted by atomic mass is 9.82. The molecule has 2 aromatic heterocycles. The molecule has 0 aliphatic carbocycles. The maximum absolute atomic E-state index is 4.31. The minimum absolute atomic E-state index is 0.0235. The molecule has 4 aromatic rings. The Morgan fingerprint density at radius 1 is 0.871 bits per heavy atom. The fraction of sp³-hybridized carbons (Fsp3) is 0.292. The van der Waals surface area contributed by atoms with Crippen molar-refractivity contribution in [2.24, 2.45) is 0 Å². The van der Waals surface area contributed by atoms with E-state index in [1.54, 1.807) is 0 Å². The number of rotatable bonds is 4. The number of aromatic nitrogens is 5. The van der Waals surface area contributed by atoms with Gasteiger partial charge in [-0.25, -0.2) is 4.68 Å². The van der Waals surface area contributed by atoms with E-state index in [0.717, 1.165) is 38.3 Å². The van der Waals surface area contributed by atoms with Gasteiger partial charge < -0.3 is 9.88 Å². The molecule has 0 amide bonds. The molecular weight excluding hydrogens is 386 g/mol. The van der Waals surface area contributed by atoms with Gasteiger partial charge in [0, 0.05) is 25.0 Å². The van der Waals surface area contributed by atoms with E-state index in [4.69, 9.17) is 0 Å². The van der Waals surface area contributed by atoms with Crippen molar-refractivity contribution in [1.29, 1.82) is 0 Å². The predicted octanol–water partition coefficient (Wildman–Crippen LogP) is 3.43. The molecule has 7 heteroatoms. The molecule has 2 aliphatic rings. The maximum atomic E-state index is 4.31. The molecule has 156 valence electrons. The van der Waals surface area contributed by atoms with E-state index in [2.05, 4.69) is 97.2 Å². The number of fused-ring (bicyclic) bond motifs is 4. The molecule has 1 saturated heterocycles. The maximum Gasteiger partial charge on any atom is 0.165 e. The van der Waals surface area contributed by atoms with Crippen LogP contribution < -0.4 is 5.32 Å². The first-order valence-corrected chi connectivity index (χ1v) is 10.9. The largest absolute Gasteiger partial charge is 0.372 e. The van der Waals surface area contributed by atoms with E-state index in [0.29, 0.717) is 6.54 Å². The highest BCUT2D eigenvalue weighted by Crippen LogP contribution is 2.43. The van der Waals surface area contributed by atoms with Gasteiger partial charge in [-0.15, -0.1) is 5.10 Å². The molecule has 0 unspecified atom stereocenters. The van der Waals surface area contributed by atoms with Crippen LogP contribution in [0.2, 0.25) is 0 Å². The zero-order valence-electron chi connectivity index (χ0n) is 17.4. The lowest BCUT2D eigenvalue weighted by Gasteiger charge is -2.46. The number of hydrogen-bond donors (Lipinski definition) is 1. The van der Waals surface area contributed by atoms with Crippen molar-refractivity contribution in [3.63, 3.8) is 0 Å². The molecule has 0 atom stereocenters. The van der Waals surface area contributed by atoms with Crippen molar-refractivity contribution >= 4 is 5.69 Å². The minimum Gasteiger partial charge on any atom is -0.372 e. The van der Waals surface area contributed by atoms with Crippen molar-refractivity contribution in [2.45, 2.75) is 31.5 Å². The molecule has 2 aromatic carbocycles. The third kappa shape index (κ3) is 3.21. The van der Waals surface area contributed by atoms with E-state index in [1.165, 1.54) is 22.6 Å². The van der Waals surface area contributed by atoms with Crippen LogP contribution in [-0.2, 0) is 18.6 Å². The topological polar surface area (TPSA) is 63.8 Å². The Morgan fingerprint density at radius 2 is 1.68 bits per heavy atom. The number of nitrogens with one attached hydrogen (secondary N) is 1. The first kappa shape index (κ1) is 18.3. The molecule has 1 N–H and O–H groups in total. The number of piperidine rings is 1. The molecule has 31 heavy (non-hydrogen) atoms. The molecule has 7 nitrogen and oxygen atoms in total. The molecule has 4 heterocycles. The Morgan fingerprint density at radius 3 is 2.55 bits per heavy atom. The third-order valence-corrected chi connectivity index (χ3v) is 6.63. The smallest absolute Gasteiger partial charge is 0.165 e. The average Bonchev–Trinajstić information content (AvgIpc) is 3.47. The summed E-state index contributed by atoms with van der Waals surface area (Å²) in [5.74, 6) is 0.921. The Balaban J connectivity index is 1.18. The zero-order valence-corrected chi connectivity index (χ0v) is 17.4. The standard InChI is InChI=1S/C24H25N7/c1-2-7-19(8-3-1)17-31-23(26-27-28-31)18-29-15-12-24(13-16-29)22-11-6-14-30(22)21-10-5-4-9-20(21)25-24/h1-11,14,25H,12-13,15-18H2. The van der Waals surface area contributed by atoms with Gasteiger partial charge in [0.1, 0.15) is 0 Å². The van der Waals surface area contributed by atoms with Crippen molar-refractivity contribution in [1.82, 2.24) is 29.7 Å². The van der Waals surface area contributed by atoms with Crippen molar-refractivity contribution in [2.75, 3.05) is 18.4 Å². The van der Waals surface area contributed by atoms with Gasteiger partial charge in [0.25, 0.3) is 0 Å². The van der Waals surface area contributed by atoms with Gasteiger partial charge in [0.15, 0.2) is 5.82 Å². The Hall–Kier alpha value is -3.45. The summed E-state index contributed by atoms with van der Waals surface area (Å²) in [7, 11) is 0. The predicted molar refractivity (Wildman–Crippen MR) is 119 cm³/mol. The fourth-order valence-corrected chi connectivity index (χ4v) is 4.98. The highest BCUT2D eigenvalue weighted by atomic mass is 15.5. The van der Waals surface area contributed by atoms with Crippen LogP contribution in [-0.4, -0.2) is 42.8 Å². The van der Waals surface area contributed by atoms with Gasteiger partial charge in [0.05, 0.1) is 30.0 Å². The Kier molecular flexibility index (Phi) is 4.35. The number of hydrogen-bond acceptors (Lipinski definition) is 5. The second-order valence-electron chi connectivity index (χ2n) is 8.50. The molecule has 0 bridgehead atoms. The van der Waals surface area contributed by atoms with E-state index >= 15 is 0 Å². The minimum atomic E-state index is -0.0235. The SMILES string of the molecule is c1ccc(Cn2nnnc2CN2CCC3(CC2)Nc2ccccc2-n2cccc23)cc1. The summed E-state index contributed by atoms with van der Waals surface area (Å²) in [6.45, 7) is 3.47. The van der Waals surface area contributed by atoms with E-state index in [-0.39, 0.29) is 5.54 Å². The van der Waals surface area contributed by atoms with Crippen LogP contribution in [0.4, 0.5) is 5.69 Å². The summed E-state index contributed by atoms with van der Waals surface area (Å²) in [6.07, 6.45) is 4.28. The summed E-state index contributed by atoms with van der Waals surface area (Å²) in [5, 5.41) is 16.4. The second kappa shape index (κ2) is 7.35. The number of likely N-dealkylation sites (tertiary alicyclic amines) is 1. The van der Waals surface area contributed by atoms with Gasteiger partial charge in [-0.1, -0.05) is 42.5 Å². The molecule has 0 radical (unpaired) electrons. The lowest BCUT2D eigenvalue weighted by Crippen LogP contribution is -2.49. The van der Waals surface area contributed by atoms with Crippen LogP contribution in [0.25, 0.3) is 5.69 Å². The van der Waals surface area contributed by atoms with Crippen molar-refractivity contribution in [3.05, 3.63) is 90.0 Å². The van der Waals surface area contributed by atoms with Crippen LogP contribution in [0.1, 0.15) is 29.9 Å². The monoisotopic (exact) mass is 411 g/mol. The summed E-state index contributed by atoms with van der Waals surface area (Å²) in [6, 6.07) is 23.3.